The minimum Gasteiger partial charge on any atom is -0.461 e. The van der Waals surface area contributed by atoms with Crippen LogP contribution in [-0.2, 0) is 4.74 Å². The number of aromatic nitrogens is 2. The first kappa shape index (κ1) is 22.5. The molecular weight excluding hydrogens is 364 g/mol. The van der Waals surface area contributed by atoms with E-state index in [-0.39, 0.29) is 12.0 Å². The first-order valence-corrected chi connectivity index (χ1v) is 9.08. The molecule has 1 N–H and O–H groups in total. The van der Waals surface area contributed by atoms with Crippen LogP contribution in [0.3, 0.4) is 0 Å². The summed E-state index contributed by atoms with van der Waals surface area (Å²) >= 11 is 5.21. The molecule has 144 valence electrons. The first-order valence-electron chi connectivity index (χ1n) is 8.64. The van der Waals surface area contributed by atoms with Gasteiger partial charge in [-0.3, -0.25) is 0 Å². The van der Waals surface area contributed by atoms with Gasteiger partial charge in [-0.25, -0.2) is 9.78 Å². The fraction of sp³-hybridized carbons (Fsp3) is 0.333. The van der Waals surface area contributed by atoms with E-state index in [1.807, 2.05) is 41.8 Å². The summed E-state index contributed by atoms with van der Waals surface area (Å²) in [6.07, 6.45) is 10.1. The molecule has 0 aliphatic heterocycles. The Morgan fingerprint density at radius 1 is 1.44 bits per heavy atom. The van der Waals surface area contributed by atoms with Gasteiger partial charge in [0.2, 0.25) is 0 Å². The van der Waals surface area contributed by atoms with Gasteiger partial charge in [0.15, 0.2) is 0 Å². The van der Waals surface area contributed by atoms with Crippen molar-refractivity contribution in [1.82, 2.24) is 9.55 Å². The molecule has 6 heteroatoms. The Hall–Kier alpha value is -2.55. The topological polar surface area (TPSA) is 64.3 Å². The summed E-state index contributed by atoms with van der Waals surface area (Å²) < 4.78 is 6.84. The average molecular weight is 389 g/mol. The van der Waals surface area contributed by atoms with Crippen molar-refractivity contribution < 1.29 is 14.6 Å². The third kappa shape index (κ3) is 6.59. The molecule has 2 atom stereocenters. The molecule has 0 saturated heterocycles. The zero-order valence-corrected chi connectivity index (χ0v) is 16.6. The summed E-state index contributed by atoms with van der Waals surface area (Å²) in [6, 6.07) is 10.0. The van der Waals surface area contributed by atoms with Gasteiger partial charge in [-0.2, -0.15) is 0 Å². The normalized spacial score (nSPS) is 13.8. The highest BCUT2D eigenvalue weighted by Crippen LogP contribution is 2.19. The van der Waals surface area contributed by atoms with Crippen molar-refractivity contribution in [2.75, 3.05) is 6.61 Å². The number of imidazole rings is 1. The van der Waals surface area contributed by atoms with Crippen molar-refractivity contribution in [3.05, 3.63) is 65.7 Å². The third-order valence-electron chi connectivity index (χ3n) is 3.98. The lowest BCUT2D eigenvalue weighted by Gasteiger charge is -2.16. The number of benzene rings is 1. The molecule has 1 heterocycles. The molecular formula is C21H25ClN2O3. The lowest BCUT2D eigenvalue weighted by molar-refractivity contribution is 0.0512. The van der Waals surface area contributed by atoms with E-state index in [0.717, 1.165) is 5.56 Å². The number of hydrogen-bond donors (Lipinski definition) is 1. The number of halogens is 1. The number of carbonyl (C=O) groups is 1. The molecule has 5 nitrogen and oxygen atoms in total. The van der Waals surface area contributed by atoms with Crippen molar-refractivity contribution in [2.24, 2.45) is 0 Å². The number of carbonyl (C=O) groups excluding carboxylic acids is 1. The summed E-state index contributed by atoms with van der Waals surface area (Å²) in [7, 11) is 0. The van der Waals surface area contributed by atoms with Crippen LogP contribution in [0, 0.1) is 12.3 Å². The maximum absolute atomic E-state index is 11.8. The van der Waals surface area contributed by atoms with Crippen LogP contribution in [0.25, 0.3) is 0 Å². The summed E-state index contributed by atoms with van der Waals surface area (Å²) in [5.74, 6) is 1.88. The maximum atomic E-state index is 11.8. The van der Waals surface area contributed by atoms with Crippen LogP contribution < -0.4 is 0 Å². The van der Waals surface area contributed by atoms with E-state index in [4.69, 9.17) is 22.8 Å². The van der Waals surface area contributed by atoms with Gasteiger partial charge in [-0.1, -0.05) is 54.8 Å². The molecule has 0 aliphatic rings. The molecule has 2 rings (SSSR count). The van der Waals surface area contributed by atoms with Crippen molar-refractivity contribution >= 4 is 17.6 Å². The van der Waals surface area contributed by atoms with E-state index in [0.29, 0.717) is 18.7 Å². The summed E-state index contributed by atoms with van der Waals surface area (Å²) in [5, 5.41) is 9.22. The molecule has 0 spiro atoms. The molecule has 0 fully saturated rings. The number of hydrogen-bond acceptors (Lipinski definition) is 4. The van der Waals surface area contributed by atoms with Crippen LogP contribution in [0.4, 0.5) is 0 Å². The van der Waals surface area contributed by atoms with Gasteiger partial charge in [0.05, 0.1) is 25.2 Å². The molecule has 2 aromatic rings. The predicted molar refractivity (Wildman–Crippen MR) is 108 cm³/mol. The Balaban J connectivity index is 0.000000345. The van der Waals surface area contributed by atoms with Gasteiger partial charge in [0.25, 0.3) is 0 Å². The van der Waals surface area contributed by atoms with Crippen molar-refractivity contribution in [3.8, 4) is 12.3 Å². The fourth-order valence-corrected chi connectivity index (χ4v) is 2.45. The summed E-state index contributed by atoms with van der Waals surface area (Å²) in [4.78, 5) is 15.8. The standard InChI is InChI=1S/C14H16N2O2.C7H9ClO/c1-3-18-14(17)13-9-15-10-16(13)11(2)12-7-5-4-6-8-12;1-3-7(9,4-2)5-6-8/h4-11H,3H2,1-2H3;1,5-6,9H,4H2,2H3/b;6-5+. The number of ether oxygens (including phenoxy) is 1. The number of nitrogens with zero attached hydrogens (tertiary/aromatic N) is 2. The minimum atomic E-state index is -1.15. The largest absolute Gasteiger partial charge is 0.461 e. The monoisotopic (exact) mass is 388 g/mol. The lowest BCUT2D eigenvalue weighted by Crippen LogP contribution is -2.20. The number of rotatable bonds is 6. The van der Waals surface area contributed by atoms with E-state index in [9.17, 15) is 9.90 Å². The minimum absolute atomic E-state index is 0.0492. The molecule has 0 bridgehead atoms. The predicted octanol–water partition coefficient (Wildman–Crippen LogP) is 4.18. The molecule has 1 aromatic carbocycles. The van der Waals surface area contributed by atoms with Crippen LogP contribution in [0.2, 0.25) is 0 Å². The van der Waals surface area contributed by atoms with E-state index in [1.165, 1.54) is 17.8 Å². The zero-order chi connectivity index (χ0) is 20.3. The number of terminal acetylenes is 1. The number of aliphatic hydroxyl groups is 1. The highest BCUT2D eigenvalue weighted by molar-refractivity contribution is 6.25. The Morgan fingerprint density at radius 3 is 2.59 bits per heavy atom. The van der Waals surface area contributed by atoms with Gasteiger partial charge in [0.1, 0.15) is 11.3 Å². The van der Waals surface area contributed by atoms with Gasteiger partial charge >= 0.3 is 5.97 Å². The van der Waals surface area contributed by atoms with Crippen LogP contribution in [0.15, 0.2) is 54.5 Å². The molecule has 27 heavy (non-hydrogen) atoms. The molecule has 1 aromatic heterocycles. The zero-order valence-electron chi connectivity index (χ0n) is 15.8. The van der Waals surface area contributed by atoms with Crippen molar-refractivity contribution in [3.63, 3.8) is 0 Å². The molecule has 0 aliphatic carbocycles. The highest BCUT2D eigenvalue weighted by Gasteiger charge is 2.17. The summed E-state index contributed by atoms with van der Waals surface area (Å²) in [5.41, 5.74) is 1.68. The molecule has 0 radical (unpaired) electrons. The van der Waals surface area contributed by atoms with Crippen molar-refractivity contribution in [1.29, 1.82) is 0 Å². The van der Waals surface area contributed by atoms with E-state index >= 15 is 0 Å². The van der Waals surface area contributed by atoms with Gasteiger partial charge in [0, 0.05) is 5.54 Å². The Morgan fingerprint density at radius 2 is 2.11 bits per heavy atom. The van der Waals surface area contributed by atoms with E-state index in [2.05, 4.69) is 10.9 Å². The van der Waals surface area contributed by atoms with E-state index in [1.54, 1.807) is 20.2 Å². The smallest absolute Gasteiger partial charge is 0.356 e. The first-order chi connectivity index (χ1) is 12.9. The summed E-state index contributed by atoms with van der Waals surface area (Å²) in [6.45, 7) is 5.97. The Bertz CT molecular complexity index is 780. The average Bonchev–Trinajstić information content (AvgIpc) is 3.19. The second kappa shape index (κ2) is 11.2. The second-order valence-electron chi connectivity index (χ2n) is 5.71. The van der Waals surface area contributed by atoms with Crippen LogP contribution in [-0.4, -0.2) is 32.8 Å². The maximum Gasteiger partial charge on any atom is 0.356 e. The molecule has 0 amide bonds. The van der Waals surface area contributed by atoms with Crippen LogP contribution >= 0.6 is 11.6 Å². The van der Waals surface area contributed by atoms with Gasteiger partial charge < -0.3 is 14.4 Å². The third-order valence-corrected chi connectivity index (χ3v) is 4.10. The fourth-order valence-electron chi connectivity index (χ4n) is 2.24. The Kier molecular flexibility index (Phi) is 9.35. The van der Waals surface area contributed by atoms with E-state index < -0.39 is 5.60 Å². The lowest BCUT2D eigenvalue weighted by atomic mass is 10.0. The van der Waals surface area contributed by atoms with Gasteiger partial charge in [-0.05, 0) is 31.9 Å². The van der Waals surface area contributed by atoms with Crippen LogP contribution in [0.5, 0.6) is 0 Å². The van der Waals surface area contributed by atoms with Crippen molar-refractivity contribution in [2.45, 2.75) is 38.8 Å². The molecule has 2 unspecified atom stereocenters. The molecule has 0 saturated carbocycles. The van der Waals surface area contributed by atoms with Gasteiger partial charge in [-0.15, -0.1) is 6.42 Å². The Labute approximate surface area is 165 Å². The highest BCUT2D eigenvalue weighted by atomic mass is 35.5. The SMILES string of the molecule is C#CC(O)(/C=C/Cl)CC.CCOC(=O)c1cncn1C(C)c1ccccc1. The van der Waals surface area contributed by atoms with Crippen LogP contribution in [0.1, 0.15) is 49.3 Å². The quantitative estimate of drug-likeness (QED) is 0.595. The number of esters is 1. The second-order valence-corrected chi connectivity index (χ2v) is 5.96.